The van der Waals surface area contributed by atoms with Gasteiger partial charge in [0.2, 0.25) is 5.82 Å². The van der Waals surface area contributed by atoms with Crippen molar-refractivity contribution >= 4 is 17.4 Å². The molecular formula is C19H17F3N4O2S. The Hall–Kier alpha value is -2.88. The van der Waals surface area contributed by atoms with E-state index in [-0.39, 0.29) is 17.9 Å². The highest BCUT2D eigenvalue weighted by molar-refractivity contribution is 7.15. The molecule has 1 aromatic carbocycles. The number of halogens is 3. The SMILES string of the molecule is CC(NC(=O)N1CCc2cc(-c3noc(C(F)(F)F)n3)sc2C1)c1ccccc1. The lowest BCUT2D eigenvalue weighted by Gasteiger charge is -2.28. The van der Waals surface area contributed by atoms with E-state index in [0.29, 0.717) is 24.4 Å². The Bertz CT molecular complexity index is 1020. The van der Waals surface area contributed by atoms with Gasteiger partial charge in [0.25, 0.3) is 0 Å². The zero-order valence-electron chi connectivity index (χ0n) is 15.4. The van der Waals surface area contributed by atoms with E-state index in [1.807, 2.05) is 37.3 Å². The summed E-state index contributed by atoms with van der Waals surface area (Å²) < 4.78 is 42.3. The second-order valence-electron chi connectivity index (χ2n) is 6.73. The molecule has 1 unspecified atom stereocenters. The molecule has 2 amide bonds. The summed E-state index contributed by atoms with van der Waals surface area (Å²) in [5.41, 5.74) is 2.00. The number of rotatable bonds is 3. The first kappa shape index (κ1) is 19.4. The van der Waals surface area contributed by atoms with E-state index in [0.717, 1.165) is 16.0 Å². The fourth-order valence-electron chi connectivity index (χ4n) is 3.14. The zero-order valence-corrected chi connectivity index (χ0v) is 16.2. The molecule has 0 aliphatic carbocycles. The van der Waals surface area contributed by atoms with E-state index < -0.39 is 12.1 Å². The van der Waals surface area contributed by atoms with Gasteiger partial charge in [-0.05, 0) is 30.5 Å². The molecule has 0 fully saturated rings. The van der Waals surface area contributed by atoms with Crippen LogP contribution in [0.4, 0.5) is 18.0 Å². The molecule has 0 saturated heterocycles. The van der Waals surface area contributed by atoms with E-state index >= 15 is 0 Å². The van der Waals surface area contributed by atoms with Gasteiger partial charge in [-0.2, -0.15) is 18.2 Å². The molecule has 1 atom stereocenters. The number of urea groups is 1. The highest BCUT2D eigenvalue weighted by Gasteiger charge is 2.38. The first-order chi connectivity index (χ1) is 13.8. The van der Waals surface area contributed by atoms with E-state index in [2.05, 4.69) is 20.0 Å². The van der Waals surface area contributed by atoms with Crippen LogP contribution in [-0.4, -0.2) is 27.6 Å². The average molecular weight is 422 g/mol. The fourth-order valence-corrected chi connectivity index (χ4v) is 4.30. The van der Waals surface area contributed by atoms with Crippen molar-refractivity contribution in [3.05, 3.63) is 58.3 Å². The second kappa shape index (κ2) is 7.51. The molecule has 1 aliphatic rings. The number of carbonyl (C=O) groups excluding carboxylic acids is 1. The maximum Gasteiger partial charge on any atom is 0.471 e. The molecule has 3 heterocycles. The van der Waals surface area contributed by atoms with Gasteiger partial charge in [-0.25, -0.2) is 4.79 Å². The zero-order chi connectivity index (χ0) is 20.6. The van der Waals surface area contributed by atoms with E-state index in [1.54, 1.807) is 11.0 Å². The van der Waals surface area contributed by atoms with Gasteiger partial charge >= 0.3 is 18.1 Å². The lowest BCUT2D eigenvalue weighted by atomic mass is 10.1. The number of amides is 2. The van der Waals surface area contributed by atoms with Crippen molar-refractivity contribution in [2.24, 2.45) is 0 Å². The molecule has 4 rings (SSSR count). The van der Waals surface area contributed by atoms with Crippen LogP contribution in [0.25, 0.3) is 10.7 Å². The van der Waals surface area contributed by atoms with Crippen molar-refractivity contribution in [3.8, 4) is 10.7 Å². The monoisotopic (exact) mass is 422 g/mol. The van der Waals surface area contributed by atoms with Crippen molar-refractivity contribution in [3.63, 3.8) is 0 Å². The Balaban J connectivity index is 1.45. The Morgan fingerprint density at radius 1 is 1.31 bits per heavy atom. The topological polar surface area (TPSA) is 71.3 Å². The summed E-state index contributed by atoms with van der Waals surface area (Å²) in [6, 6.07) is 11.1. The van der Waals surface area contributed by atoms with Crippen LogP contribution in [0.2, 0.25) is 0 Å². The van der Waals surface area contributed by atoms with Crippen LogP contribution in [0.1, 0.15) is 34.9 Å². The van der Waals surface area contributed by atoms with E-state index in [1.165, 1.54) is 11.3 Å². The summed E-state index contributed by atoms with van der Waals surface area (Å²) in [7, 11) is 0. The lowest BCUT2D eigenvalue weighted by Crippen LogP contribution is -2.43. The van der Waals surface area contributed by atoms with Gasteiger partial charge in [-0.1, -0.05) is 35.5 Å². The number of aromatic nitrogens is 2. The largest absolute Gasteiger partial charge is 0.471 e. The molecule has 1 aliphatic heterocycles. The number of nitrogens with one attached hydrogen (secondary N) is 1. The normalized spacial score (nSPS) is 15.1. The number of hydrogen-bond donors (Lipinski definition) is 1. The maximum atomic E-state index is 12.7. The molecule has 29 heavy (non-hydrogen) atoms. The highest BCUT2D eigenvalue weighted by Crippen LogP contribution is 2.35. The van der Waals surface area contributed by atoms with Crippen LogP contribution in [0.15, 0.2) is 40.9 Å². The third-order valence-corrected chi connectivity index (χ3v) is 5.86. The van der Waals surface area contributed by atoms with Crippen LogP contribution in [0.5, 0.6) is 0 Å². The standard InChI is InChI=1S/C19H17F3N4O2S/c1-11(12-5-3-2-4-6-12)23-18(27)26-8-7-13-9-14(29-15(13)10-26)16-24-17(28-25-16)19(20,21)22/h2-6,9,11H,7-8,10H2,1H3,(H,23,27). The van der Waals surface area contributed by atoms with E-state index in [9.17, 15) is 18.0 Å². The minimum atomic E-state index is -4.67. The summed E-state index contributed by atoms with van der Waals surface area (Å²) in [6.45, 7) is 2.83. The molecule has 10 heteroatoms. The van der Waals surface area contributed by atoms with Crippen molar-refractivity contribution in [2.75, 3.05) is 6.54 Å². The number of thiophene rings is 1. The molecule has 3 aromatic rings. The molecule has 0 saturated carbocycles. The van der Waals surface area contributed by atoms with Gasteiger partial charge in [-0.3, -0.25) is 0 Å². The molecule has 152 valence electrons. The molecule has 0 spiro atoms. The summed E-state index contributed by atoms with van der Waals surface area (Å²) in [5.74, 6) is -1.46. The minimum absolute atomic E-state index is 0.0922. The summed E-state index contributed by atoms with van der Waals surface area (Å²) in [6.07, 6.45) is -4.06. The molecular weight excluding hydrogens is 405 g/mol. The van der Waals surface area contributed by atoms with Crippen molar-refractivity contribution in [1.82, 2.24) is 20.4 Å². The lowest BCUT2D eigenvalue weighted by molar-refractivity contribution is -0.159. The first-order valence-corrected chi connectivity index (χ1v) is 9.76. The van der Waals surface area contributed by atoms with Gasteiger partial charge in [0.05, 0.1) is 17.5 Å². The van der Waals surface area contributed by atoms with Gasteiger partial charge in [0.1, 0.15) is 0 Å². The van der Waals surface area contributed by atoms with Gasteiger partial charge in [0.15, 0.2) is 0 Å². The molecule has 1 N–H and O–H groups in total. The predicted molar refractivity (Wildman–Crippen MR) is 100 cm³/mol. The number of alkyl halides is 3. The van der Waals surface area contributed by atoms with Crippen LogP contribution in [0.3, 0.4) is 0 Å². The first-order valence-electron chi connectivity index (χ1n) is 8.94. The molecule has 0 radical (unpaired) electrons. The fraction of sp³-hybridized carbons (Fsp3) is 0.316. The number of fused-ring (bicyclic) bond motifs is 1. The summed E-state index contributed by atoms with van der Waals surface area (Å²) in [5, 5.41) is 6.42. The van der Waals surface area contributed by atoms with Gasteiger partial charge in [-0.15, -0.1) is 11.3 Å². The van der Waals surface area contributed by atoms with Crippen molar-refractivity contribution < 1.29 is 22.5 Å². The Morgan fingerprint density at radius 3 is 2.76 bits per heavy atom. The van der Waals surface area contributed by atoms with Crippen LogP contribution < -0.4 is 5.32 Å². The Morgan fingerprint density at radius 2 is 2.07 bits per heavy atom. The van der Waals surface area contributed by atoms with Crippen molar-refractivity contribution in [2.45, 2.75) is 32.1 Å². The van der Waals surface area contributed by atoms with E-state index in [4.69, 9.17) is 0 Å². The number of benzene rings is 1. The van der Waals surface area contributed by atoms with Crippen LogP contribution in [-0.2, 0) is 19.1 Å². The number of carbonyl (C=O) groups is 1. The van der Waals surface area contributed by atoms with Crippen molar-refractivity contribution in [1.29, 1.82) is 0 Å². The third-order valence-electron chi connectivity index (χ3n) is 4.70. The highest BCUT2D eigenvalue weighted by atomic mass is 32.1. The summed E-state index contributed by atoms with van der Waals surface area (Å²) in [4.78, 5) is 19.2. The minimum Gasteiger partial charge on any atom is -0.331 e. The quantitative estimate of drug-likeness (QED) is 0.667. The maximum absolute atomic E-state index is 12.7. The third kappa shape index (κ3) is 4.12. The number of nitrogens with zero attached hydrogens (tertiary/aromatic N) is 3. The number of hydrogen-bond acceptors (Lipinski definition) is 5. The predicted octanol–water partition coefficient (Wildman–Crippen LogP) is 4.65. The molecule has 0 bridgehead atoms. The van der Waals surface area contributed by atoms with Gasteiger partial charge < -0.3 is 14.7 Å². The van der Waals surface area contributed by atoms with Crippen LogP contribution in [0, 0.1) is 0 Å². The second-order valence-corrected chi connectivity index (χ2v) is 7.87. The Labute approximate surface area is 168 Å². The Kier molecular flexibility index (Phi) is 5.03. The van der Waals surface area contributed by atoms with Gasteiger partial charge in [0, 0.05) is 11.4 Å². The van der Waals surface area contributed by atoms with Crippen LogP contribution >= 0.6 is 11.3 Å². The molecule has 2 aromatic heterocycles. The average Bonchev–Trinajstić information content (AvgIpc) is 3.34. The summed E-state index contributed by atoms with van der Waals surface area (Å²) >= 11 is 1.27. The smallest absolute Gasteiger partial charge is 0.331 e. The molecule has 6 nitrogen and oxygen atoms in total.